The molecule has 1 saturated heterocycles. The van der Waals surface area contributed by atoms with E-state index in [0.717, 1.165) is 49.8 Å². The van der Waals surface area contributed by atoms with Gasteiger partial charge in [0, 0.05) is 19.6 Å². The van der Waals surface area contributed by atoms with E-state index in [1.165, 1.54) is 0 Å². The average molecular weight is 255 g/mol. The van der Waals surface area contributed by atoms with Crippen molar-refractivity contribution in [3.8, 4) is 0 Å². The number of nitrogens with zero attached hydrogens (tertiary/aromatic N) is 4. The predicted octanol–water partition coefficient (Wildman–Crippen LogP) is 1.89. The summed E-state index contributed by atoms with van der Waals surface area (Å²) in [7, 11) is 2.15. The second-order valence-electron chi connectivity index (χ2n) is 4.65. The lowest BCUT2D eigenvalue weighted by molar-refractivity contribution is 0.360. The van der Waals surface area contributed by atoms with E-state index in [-0.39, 0.29) is 0 Å². The first-order chi connectivity index (χ1) is 8.08. The second-order valence-corrected chi connectivity index (χ2v) is 5.01. The number of hydrogen-bond donors (Lipinski definition) is 0. The van der Waals surface area contributed by atoms with E-state index in [0.29, 0.717) is 5.15 Å². The zero-order valence-electron chi connectivity index (χ0n) is 10.7. The van der Waals surface area contributed by atoms with Crippen LogP contribution in [0.15, 0.2) is 0 Å². The van der Waals surface area contributed by atoms with Crippen LogP contribution in [0.5, 0.6) is 0 Å². The number of aromatic nitrogens is 2. The molecule has 0 spiro atoms. The molecule has 4 nitrogen and oxygen atoms in total. The zero-order valence-corrected chi connectivity index (χ0v) is 11.5. The number of anilines is 1. The SMILES string of the molecule is Cc1nc(Cl)c(N2CCCN(C)CC2)nc1C. The van der Waals surface area contributed by atoms with Crippen LogP contribution in [0, 0.1) is 13.8 Å². The molecule has 1 aliphatic rings. The van der Waals surface area contributed by atoms with E-state index in [9.17, 15) is 0 Å². The number of likely N-dealkylation sites (N-methyl/N-ethyl adjacent to an activating group) is 1. The van der Waals surface area contributed by atoms with E-state index < -0.39 is 0 Å². The van der Waals surface area contributed by atoms with Crippen LogP contribution >= 0.6 is 11.6 Å². The first-order valence-electron chi connectivity index (χ1n) is 6.02. The molecule has 0 radical (unpaired) electrons. The molecule has 17 heavy (non-hydrogen) atoms. The lowest BCUT2D eigenvalue weighted by atomic mass is 10.3. The Kier molecular flexibility index (Phi) is 3.84. The second kappa shape index (κ2) is 5.19. The molecule has 0 aromatic carbocycles. The van der Waals surface area contributed by atoms with Crippen molar-refractivity contribution in [3.63, 3.8) is 0 Å². The van der Waals surface area contributed by atoms with Crippen LogP contribution in [0.2, 0.25) is 5.15 Å². The average Bonchev–Trinajstić information content (AvgIpc) is 2.49. The summed E-state index contributed by atoms with van der Waals surface area (Å²) >= 11 is 6.20. The van der Waals surface area contributed by atoms with Gasteiger partial charge in [-0.1, -0.05) is 11.6 Å². The Balaban J connectivity index is 2.24. The maximum Gasteiger partial charge on any atom is 0.171 e. The molecule has 1 aliphatic heterocycles. The molecular weight excluding hydrogens is 236 g/mol. The zero-order chi connectivity index (χ0) is 12.4. The summed E-state index contributed by atoms with van der Waals surface area (Å²) in [5.74, 6) is 0.838. The maximum atomic E-state index is 6.20. The van der Waals surface area contributed by atoms with Crippen LogP contribution in [0.25, 0.3) is 0 Å². The van der Waals surface area contributed by atoms with Crippen molar-refractivity contribution in [1.82, 2.24) is 14.9 Å². The van der Waals surface area contributed by atoms with Crippen molar-refractivity contribution >= 4 is 17.4 Å². The molecule has 5 heteroatoms. The summed E-state index contributed by atoms with van der Waals surface area (Å²) in [5.41, 5.74) is 1.87. The topological polar surface area (TPSA) is 32.3 Å². The summed E-state index contributed by atoms with van der Waals surface area (Å²) in [6.45, 7) is 8.06. The molecule has 0 amide bonds. The molecule has 0 atom stereocenters. The van der Waals surface area contributed by atoms with Crippen molar-refractivity contribution in [1.29, 1.82) is 0 Å². The van der Waals surface area contributed by atoms with Crippen molar-refractivity contribution in [3.05, 3.63) is 16.5 Å². The summed E-state index contributed by atoms with van der Waals surface area (Å²) in [6.07, 6.45) is 1.14. The van der Waals surface area contributed by atoms with Gasteiger partial charge in [0.25, 0.3) is 0 Å². The van der Waals surface area contributed by atoms with Gasteiger partial charge in [-0.2, -0.15) is 0 Å². The van der Waals surface area contributed by atoms with Crippen molar-refractivity contribution in [2.24, 2.45) is 0 Å². The minimum Gasteiger partial charge on any atom is -0.353 e. The Labute approximate surface area is 108 Å². The van der Waals surface area contributed by atoms with Crippen molar-refractivity contribution in [2.45, 2.75) is 20.3 Å². The fraction of sp³-hybridized carbons (Fsp3) is 0.667. The normalized spacial score (nSPS) is 18.2. The van der Waals surface area contributed by atoms with Crippen LogP contribution in [-0.2, 0) is 0 Å². The molecule has 1 fully saturated rings. The van der Waals surface area contributed by atoms with Crippen LogP contribution in [-0.4, -0.2) is 48.1 Å². The third kappa shape index (κ3) is 2.87. The fourth-order valence-corrected chi connectivity index (χ4v) is 2.31. The van der Waals surface area contributed by atoms with Gasteiger partial charge in [-0.15, -0.1) is 0 Å². The minimum atomic E-state index is 0.526. The lowest BCUT2D eigenvalue weighted by Crippen LogP contribution is -2.30. The maximum absolute atomic E-state index is 6.20. The van der Waals surface area contributed by atoms with Gasteiger partial charge < -0.3 is 9.80 Å². The number of halogens is 1. The number of rotatable bonds is 1. The molecule has 0 unspecified atom stereocenters. The third-order valence-corrected chi connectivity index (χ3v) is 3.52. The van der Waals surface area contributed by atoms with Crippen LogP contribution in [0.3, 0.4) is 0 Å². The van der Waals surface area contributed by atoms with Crippen LogP contribution in [0.4, 0.5) is 5.82 Å². The van der Waals surface area contributed by atoms with Crippen LogP contribution in [0.1, 0.15) is 17.8 Å². The predicted molar refractivity (Wildman–Crippen MR) is 70.8 cm³/mol. The number of hydrogen-bond acceptors (Lipinski definition) is 4. The summed E-state index contributed by atoms with van der Waals surface area (Å²) in [4.78, 5) is 13.5. The first kappa shape index (κ1) is 12.6. The van der Waals surface area contributed by atoms with E-state index in [1.54, 1.807) is 0 Å². The summed E-state index contributed by atoms with van der Waals surface area (Å²) in [5, 5.41) is 0.526. The van der Waals surface area contributed by atoms with Gasteiger partial charge in [-0.3, -0.25) is 0 Å². The van der Waals surface area contributed by atoms with Gasteiger partial charge in [-0.25, -0.2) is 9.97 Å². The molecule has 94 valence electrons. The van der Waals surface area contributed by atoms with Gasteiger partial charge in [0.2, 0.25) is 0 Å². The monoisotopic (exact) mass is 254 g/mol. The van der Waals surface area contributed by atoms with E-state index in [2.05, 4.69) is 26.8 Å². The molecule has 1 aromatic heterocycles. The standard InChI is InChI=1S/C12H19ClN4/c1-9-10(2)15-12(11(13)14-9)17-6-4-5-16(3)7-8-17/h4-8H2,1-3H3. The van der Waals surface area contributed by atoms with Crippen molar-refractivity contribution in [2.75, 3.05) is 38.1 Å². The molecule has 0 bridgehead atoms. The van der Waals surface area contributed by atoms with Gasteiger partial charge >= 0.3 is 0 Å². The molecule has 0 aliphatic carbocycles. The lowest BCUT2D eigenvalue weighted by Gasteiger charge is -2.22. The largest absolute Gasteiger partial charge is 0.353 e. The molecule has 0 saturated carbocycles. The summed E-state index contributed by atoms with van der Waals surface area (Å²) < 4.78 is 0. The first-order valence-corrected chi connectivity index (χ1v) is 6.40. The Morgan fingerprint density at radius 2 is 1.71 bits per heavy atom. The highest BCUT2D eigenvalue weighted by Gasteiger charge is 2.17. The molecule has 0 N–H and O–H groups in total. The highest BCUT2D eigenvalue weighted by atomic mass is 35.5. The Morgan fingerprint density at radius 1 is 1.00 bits per heavy atom. The van der Waals surface area contributed by atoms with E-state index >= 15 is 0 Å². The number of aryl methyl sites for hydroxylation is 2. The molecule has 2 rings (SSSR count). The van der Waals surface area contributed by atoms with Gasteiger partial charge in [0.15, 0.2) is 11.0 Å². The van der Waals surface area contributed by atoms with Gasteiger partial charge in [0.05, 0.1) is 11.4 Å². The van der Waals surface area contributed by atoms with E-state index in [4.69, 9.17) is 11.6 Å². The Bertz CT molecular complexity index is 408. The summed E-state index contributed by atoms with van der Waals surface area (Å²) in [6, 6.07) is 0. The Morgan fingerprint density at radius 3 is 2.47 bits per heavy atom. The third-order valence-electron chi connectivity index (χ3n) is 3.27. The quantitative estimate of drug-likeness (QED) is 0.766. The molecule has 2 heterocycles. The van der Waals surface area contributed by atoms with Gasteiger partial charge in [-0.05, 0) is 33.9 Å². The fourth-order valence-electron chi connectivity index (χ4n) is 2.02. The minimum absolute atomic E-state index is 0.526. The van der Waals surface area contributed by atoms with Gasteiger partial charge in [0.1, 0.15) is 0 Å². The highest BCUT2D eigenvalue weighted by molar-refractivity contribution is 6.31. The van der Waals surface area contributed by atoms with E-state index in [1.807, 2.05) is 13.8 Å². The smallest absolute Gasteiger partial charge is 0.171 e. The Hall–Kier alpha value is -0.870. The molecule has 1 aromatic rings. The van der Waals surface area contributed by atoms with Crippen molar-refractivity contribution < 1.29 is 0 Å². The highest BCUT2D eigenvalue weighted by Crippen LogP contribution is 2.23. The molecular formula is C12H19ClN4. The van der Waals surface area contributed by atoms with Crippen LogP contribution < -0.4 is 4.90 Å².